The Morgan fingerprint density at radius 1 is 0.862 bits per heavy atom. The Kier molecular flexibility index (Phi) is 7.58. The Morgan fingerprint density at radius 2 is 1.59 bits per heavy atom. The fraction of sp³-hybridized carbons (Fsp3) is 0.214. The number of aryl methyl sites for hydroxylation is 1. The van der Waals surface area contributed by atoms with Crippen molar-refractivity contribution in [1.82, 2.24) is 0 Å². The zero-order valence-corrected chi connectivity index (χ0v) is 17.3. The van der Waals surface area contributed by atoms with Gasteiger partial charge >= 0.3 is 0 Å². The maximum atomic E-state index is 14.4. The Morgan fingerprint density at radius 3 is 2.28 bits per heavy atom. The molecule has 0 fully saturated rings. The number of hydrogen-bond donors (Lipinski definition) is 0. The van der Waals surface area contributed by atoms with Gasteiger partial charge in [-0.05, 0) is 60.4 Å². The first-order valence-electron chi connectivity index (χ1n) is 10.4. The fourth-order valence-corrected chi connectivity index (χ4v) is 3.48. The summed E-state index contributed by atoms with van der Waals surface area (Å²) in [6.45, 7) is 4.26. The minimum absolute atomic E-state index is 0.160. The maximum absolute atomic E-state index is 14.4. The Balaban J connectivity index is 1.61. The van der Waals surface area contributed by atoms with Crippen molar-refractivity contribution in [3.63, 3.8) is 0 Å². The van der Waals surface area contributed by atoms with Crippen LogP contribution in [0.4, 0.5) is 4.39 Å². The minimum atomic E-state index is -0.160. The number of benzene rings is 3. The summed E-state index contributed by atoms with van der Waals surface area (Å²) in [5.74, 6) is 0.325. The highest BCUT2D eigenvalue weighted by molar-refractivity contribution is 5.70. The van der Waals surface area contributed by atoms with E-state index in [9.17, 15) is 4.39 Å². The molecule has 0 aliphatic rings. The van der Waals surface area contributed by atoms with Crippen molar-refractivity contribution in [2.45, 2.75) is 39.0 Å². The molecule has 0 unspecified atom stereocenters. The van der Waals surface area contributed by atoms with Crippen LogP contribution < -0.4 is 0 Å². The lowest BCUT2D eigenvalue weighted by Gasteiger charge is -2.12. The van der Waals surface area contributed by atoms with E-state index >= 15 is 0 Å². The Labute approximate surface area is 174 Å². The Bertz CT molecular complexity index is 949. The molecule has 0 radical (unpaired) electrons. The van der Waals surface area contributed by atoms with E-state index in [-0.39, 0.29) is 5.82 Å². The molecule has 1 heteroatoms. The fourth-order valence-electron chi connectivity index (χ4n) is 3.48. The molecule has 0 saturated heterocycles. The van der Waals surface area contributed by atoms with Crippen LogP contribution in [0.25, 0.3) is 12.2 Å². The standard InChI is InChI=1S/C28H29F/c1-3-4-6-9-24-17-19-27(28(29)21-24)18-16-23-12-14-25(15-13-23)20-22(2)26-10-7-5-8-11-26/h3-5,7-8,10-19,21-22H,6,9,20H2,1-2H3/t22-/m0/s1. The largest absolute Gasteiger partial charge is 0.206 e. The van der Waals surface area contributed by atoms with Crippen LogP contribution in [0.15, 0.2) is 84.9 Å². The van der Waals surface area contributed by atoms with Crippen molar-refractivity contribution in [2.75, 3.05) is 0 Å². The highest BCUT2D eigenvalue weighted by Crippen LogP contribution is 2.21. The summed E-state index contributed by atoms with van der Waals surface area (Å²) in [4.78, 5) is 0. The summed E-state index contributed by atoms with van der Waals surface area (Å²) in [7, 11) is 0. The van der Waals surface area contributed by atoms with Gasteiger partial charge in [-0.25, -0.2) is 4.39 Å². The van der Waals surface area contributed by atoms with Gasteiger partial charge in [0, 0.05) is 5.56 Å². The van der Waals surface area contributed by atoms with Gasteiger partial charge in [0.15, 0.2) is 0 Å². The van der Waals surface area contributed by atoms with Crippen molar-refractivity contribution in [3.8, 4) is 0 Å². The van der Waals surface area contributed by atoms with Gasteiger partial charge in [-0.15, -0.1) is 0 Å². The van der Waals surface area contributed by atoms with Gasteiger partial charge in [-0.1, -0.05) is 98.0 Å². The topological polar surface area (TPSA) is 0 Å². The molecule has 0 bridgehead atoms. The first-order valence-corrected chi connectivity index (χ1v) is 10.4. The van der Waals surface area contributed by atoms with E-state index < -0.39 is 0 Å². The minimum Gasteiger partial charge on any atom is -0.206 e. The zero-order valence-electron chi connectivity index (χ0n) is 17.3. The predicted molar refractivity (Wildman–Crippen MR) is 123 cm³/mol. The number of rotatable bonds is 8. The molecule has 0 saturated carbocycles. The summed E-state index contributed by atoms with van der Waals surface area (Å²) in [5, 5.41) is 0. The van der Waals surface area contributed by atoms with Crippen LogP contribution in [-0.4, -0.2) is 0 Å². The molecule has 3 rings (SSSR count). The molecular formula is C28H29F. The summed E-state index contributed by atoms with van der Waals surface area (Å²) in [6, 6.07) is 24.7. The zero-order chi connectivity index (χ0) is 20.5. The van der Waals surface area contributed by atoms with E-state index in [1.54, 1.807) is 6.07 Å². The van der Waals surface area contributed by atoms with Crippen LogP contribution >= 0.6 is 0 Å². The van der Waals surface area contributed by atoms with Crippen LogP contribution in [-0.2, 0) is 12.8 Å². The second kappa shape index (κ2) is 10.6. The molecule has 1 atom stereocenters. The molecule has 29 heavy (non-hydrogen) atoms. The van der Waals surface area contributed by atoms with Gasteiger partial charge in [-0.2, -0.15) is 0 Å². The molecule has 0 N–H and O–H groups in total. The molecule has 0 aliphatic carbocycles. The van der Waals surface area contributed by atoms with Gasteiger partial charge in [-0.3, -0.25) is 0 Å². The molecule has 0 heterocycles. The molecule has 0 nitrogen and oxygen atoms in total. The van der Waals surface area contributed by atoms with Crippen molar-refractivity contribution in [1.29, 1.82) is 0 Å². The molecule has 0 aliphatic heterocycles. The molecule has 3 aromatic carbocycles. The van der Waals surface area contributed by atoms with Gasteiger partial charge in [0.2, 0.25) is 0 Å². The molecule has 0 spiro atoms. The third-order valence-corrected chi connectivity index (χ3v) is 5.25. The first kappa shape index (κ1) is 20.8. The van der Waals surface area contributed by atoms with Gasteiger partial charge in [0.05, 0.1) is 0 Å². The molecule has 0 amide bonds. The van der Waals surface area contributed by atoms with Crippen LogP contribution in [0.3, 0.4) is 0 Å². The summed E-state index contributed by atoms with van der Waals surface area (Å²) in [5.41, 5.74) is 5.42. The Hall–Kier alpha value is -2.93. The van der Waals surface area contributed by atoms with E-state index in [1.165, 1.54) is 11.1 Å². The number of allylic oxidation sites excluding steroid dienone is 2. The lowest BCUT2D eigenvalue weighted by atomic mass is 9.93. The second-order valence-electron chi connectivity index (χ2n) is 7.55. The lowest BCUT2D eigenvalue weighted by molar-refractivity contribution is 0.622. The average molecular weight is 385 g/mol. The average Bonchev–Trinajstić information content (AvgIpc) is 2.75. The van der Waals surface area contributed by atoms with Crippen LogP contribution in [0.2, 0.25) is 0 Å². The van der Waals surface area contributed by atoms with E-state index in [0.717, 1.165) is 30.4 Å². The second-order valence-corrected chi connectivity index (χ2v) is 7.55. The molecule has 148 valence electrons. The quantitative estimate of drug-likeness (QED) is 0.274. The predicted octanol–water partition coefficient (Wildman–Crippen LogP) is 7.85. The van der Waals surface area contributed by atoms with Crippen molar-refractivity contribution in [2.24, 2.45) is 0 Å². The third-order valence-electron chi connectivity index (χ3n) is 5.25. The molecule has 3 aromatic rings. The SMILES string of the molecule is CC=CCCc1ccc(C=Cc2ccc(C[C@H](C)c3ccccc3)cc2)c(F)c1. The van der Waals surface area contributed by atoms with Crippen molar-refractivity contribution >= 4 is 12.2 Å². The monoisotopic (exact) mass is 384 g/mol. The highest BCUT2D eigenvalue weighted by Gasteiger charge is 2.06. The smallest absolute Gasteiger partial charge is 0.130 e. The van der Waals surface area contributed by atoms with Crippen LogP contribution in [0.1, 0.15) is 54.0 Å². The third kappa shape index (κ3) is 6.29. The highest BCUT2D eigenvalue weighted by atomic mass is 19.1. The molecule has 0 aromatic heterocycles. The van der Waals surface area contributed by atoms with Crippen molar-refractivity contribution in [3.05, 3.63) is 119 Å². The van der Waals surface area contributed by atoms with Gasteiger partial charge in [0.25, 0.3) is 0 Å². The van der Waals surface area contributed by atoms with Gasteiger partial charge < -0.3 is 0 Å². The summed E-state index contributed by atoms with van der Waals surface area (Å²) < 4.78 is 14.4. The van der Waals surface area contributed by atoms with Crippen LogP contribution in [0, 0.1) is 5.82 Å². The van der Waals surface area contributed by atoms with Crippen LogP contribution in [0.5, 0.6) is 0 Å². The van der Waals surface area contributed by atoms with E-state index in [1.807, 2.05) is 37.3 Å². The first-order chi connectivity index (χ1) is 14.2. The number of hydrogen-bond acceptors (Lipinski definition) is 0. The van der Waals surface area contributed by atoms with Crippen molar-refractivity contribution < 1.29 is 4.39 Å². The number of halogens is 1. The summed E-state index contributed by atoms with van der Waals surface area (Å²) >= 11 is 0. The van der Waals surface area contributed by atoms with Gasteiger partial charge in [0.1, 0.15) is 5.82 Å². The van der Waals surface area contributed by atoms with E-state index in [4.69, 9.17) is 0 Å². The summed E-state index contributed by atoms with van der Waals surface area (Å²) in [6.07, 6.45) is 10.8. The maximum Gasteiger partial charge on any atom is 0.130 e. The van der Waals surface area contributed by atoms with E-state index in [0.29, 0.717) is 11.5 Å². The normalized spacial score (nSPS) is 12.7. The molecular weight excluding hydrogens is 355 g/mol. The van der Waals surface area contributed by atoms with E-state index in [2.05, 4.69) is 67.6 Å². The lowest BCUT2D eigenvalue weighted by Crippen LogP contribution is -1.98.